The maximum Gasteiger partial charge on any atom is 0.0464 e. The Labute approximate surface area is 93.1 Å². The molecule has 15 heavy (non-hydrogen) atoms. The minimum Gasteiger partial charge on any atom is -0.368 e. The molecule has 2 heteroatoms. The van der Waals surface area contributed by atoms with Crippen molar-refractivity contribution in [2.75, 3.05) is 18.5 Å². The fourth-order valence-corrected chi connectivity index (χ4v) is 1.64. The lowest BCUT2D eigenvalue weighted by Gasteiger charge is -2.37. The van der Waals surface area contributed by atoms with Crippen LogP contribution in [0.25, 0.3) is 0 Å². The van der Waals surface area contributed by atoms with Crippen molar-refractivity contribution >= 4 is 5.69 Å². The summed E-state index contributed by atoms with van der Waals surface area (Å²) in [6, 6.07) is 6.52. The lowest BCUT2D eigenvalue weighted by molar-refractivity contribution is 0.498. The molecule has 0 unspecified atom stereocenters. The Kier molecular flexibility index (Phi) is 3.40. The first-order chi connectivity index (χ1) is 6.88. The quantitative estimate of drug-likeness (QED) is 0.823. The van der Waals surface area contributed by atoms with E-state index in [2.05, 4.69) is 57.8 Å². The summed E-state index contributed by atoms with van der Waals surface area (Å²) in [7, 11) is 2.10. The van der Waals surface area contributed by atoms with Crippen LogP contribution >= 0.6 is 0 Å². The third-order valence-electron chi connectivity index (χ3n) is 3.12. The zero-order chi connectivity index (χ0) is 11.6. The van der Waals surface area contributed by atoms with Crippen LogP contribution in [0.3, 0.4) is 0 Å². The molecule has 0 spiro atoms. The van der Waals surface area contributed by atoms with Crippen LogP contribution in [0.1, 0.15) is 25.0 Å². The van der Waals surface area contributed by atoms with Crippen molar-refractivity contribution in [2.45, 2.75) is 33.2 Å². The van der Waals surface area contributed by atoms with E-state index in [0.717, 1.165) is 0 Å². The number of nitrogens with zero attached hydrogens (tertiary/aromatic N) is 1. The number of aryl methyl sites for hydroxylation is 2. The van der Waals surface area contributed by atoms with Crippen molar-refractivity contribution in [3.63, 3.8) is 0 Å². The summed E-state index contributed by atoms with van der Waals surface area (Å²) in [6.07, 6.45) is 0. The molecule has 0 fully saturated rings. The molecule has 2 nitrogen and oxygen atoms in total. The molecule has 0 amide bonds. The first-order valence-electron chi connectivity index (χ1n) is 5.39. The van der Waals surface area contributed by atoms with Crippen LogP contribution in [0.15, 0.2) is 18.2 Å². The molecule has 0 atom stereocenters. The molecule has 0 bridgehead atoms. The van der Waals surface area contributed by atoms with Gasteiger partial charge in [0.05, 0.1) is 0 Å². The number of likely N-dealkylation sites (N-methyl/N-ethyl adjacent to an activating group) is 1. The van der Waals surface area contributed by atoms with Crippen molar-refractivity contribution in [3.05, 3.63) is 29.3 Å². The number of hydrogen-bond donors (Lipinski definition) is 1. The van der Waals surface area contributed by atoms with Gasteiger partial charge < -0.3 is 10.6 Å². The fourth-order valence-electron chi connectivity index (χ4n) is 1.64. The Morgan fingerprint density at radius 2 is 1.87 bits per heavy atom. The number of hydrogen-bond acceptors (Lipinski definition) is 2. The summed E-state index contributed by atoms with van der Waals surface area (Å²) in [5.74, 6) is 0. The summed E-state index contributed by atoms with van der Waals surface area (Å²) < 4.78 is 0. The van der Waals surface area contributed by atoms with Crippen LogP contribution in [-0.2, 0) is 0 Å². The topological polar surface area (TPSA) is 29.3 Å². The van der Waals surface area contributed by atoms with Crippen LogP contribution in [0, 0.1) is 13.8 Å². The predicted molar refractivity (Wildman–Crippen MR) is 67.5 cm³/mol. The Balaban J connectivity index is 3.06. The van der Waals surface area contributed by atoms with Crippen molar-refractivity contribution in [3.8, 4) is 0 Å². The monoisotopic (exact) mass is 206 g/mol. The highest BCUT2D eigenvalue weighted by atomic mass is 15.2. The highest BCUT2D eigenvalue weighted by molar-refractivity contribution is 5.55. The summed E-state index contributed by atoms with van der Waals surface area (Å²) in [6.45, 7) is 9.23. The van der Waals surface area contributed by atoms with Gasteiger partial charge in [-0.15, -0.1) is 0 Å². The fraction of sp³-hybridized carbons (Fsp3) is 0.538. The van der Waals surface area contributed by atoms with Crippen LogP contribution in [0.5, 0.6) is 0 Å². The molecule has 0 aliphatic carbocycles. The van der Waals surface area contributed by atoms with E-state index >= 15 is 0 Å². The molecule has 2 N–H and O–H groups in total. The molecule has 0 radical (unpaired) electrons. The van der Waals surface area contributed by atoms with Crippen LogP contribution in [-0.4, -0.2) is 19.1 Å². The van der Waals surface area contributed by atoms with Gasteiger partial charge in [-0.05, 0) is 39.3 Å². The van der Waals surface area contributed by atoms with E-state index in [-0.39, 0.29) is 5.54 Å². The second-order valence-corrected chi connectivity index (χ2v) is 4.87. The lowest BCUT2D eigenvalue weighted by Crippen LogP contribution is -2.47. The molecule has 1 aromatic carbocycles. The molecule has 0 saturated heterocycles. The van der Waals surface area contributed by atoms with E-state index in [1.807, 2.05) is 0 Å². The summed E-state index contributed by atoms with van der Waals surface area (Å²) in [5, 5.41) is 0. The number of anilines is 1. The number of nitrogens with two attached hydrogens (primary N) is 1. The van der Waals surface area contributed by atoms with E-state index in [0.29, 0.717) is 6.54 Å². The molecule has 0 aliphatic rings. The Bertz CT molecular complexity index is 342. The Hall–Kier alpha value is -1.02. The molecule has 0 saturated carbocycles. The van der Waals surface area contributed by atoms with Gasteiger partial charge in [-0.3, -0.25) is 0 Å². The highest BCUT2D eigenvalue weighted by Crippen LogP contribution is 2.25. The van der Waals surface area contributed by atoms with Gasteiger partial charge in [0.25, 0.3) is 0 Å². The summed E-state index contributed by atoms with van der Waals surface area (Å²) in [4.78, 5) is 2.25. The standard InChI is InChI=1S/C13H22N2/c1-10-6-7-12(11(2)8-10)15(5)13(3,4)9-14/h6-8H,9,14H2,1-5H3. The number of rotatable bonds is 3. The third kappa shape index (κ3) is 2.51. The minimum absolute atomic E-state index is 0.0000180. The second kappa shape index (κ2) is 4.23. The molecular formula is C13H22N2. The SMILES string of the molecule is Cc1ccc(N(C)C(C)(C)CN)c(C)c1. The van der Waals surface area contributed by atoms with Crippen molar-refractivity contribution in [1.82, 2.24) is 0 Å². The van der Waals surface area contributed by atoms with Gasteiger partial charge in [-0.1, -0.05) is 17.7 Å². The summed E-state index contributed by atoms with van der Waals surface area (Å²) in [5.41, 5.74) is 9.65. The van der Waals surface area contributed by atoms with Crippen LogP contribution in [0.2, 0.25) is 0 Å². The van der Waals surface area contributed by atoms with Gasteiger partial charge in [0.2, 0.25) is 0 Å². The van der Waals surface area contributed by atoms with Crippen LogP contribution in [0.4, 0.5) is 5.69 Å². The molecule has 0 aromatic heterocycles. The highest BCUT2D eigenvalue weighted by Gasteiger charge is 2.22. The lowest BCUT2D eigenvalue weighted by atomic mass is 10.0. The number of benzene rings is 1. The molecule has 1 rings (SSSR count). The zero-order valence-corrected chi connectivity index (χ0v) is 10.5. The molecule has 0 aliphatic heterocycles. The smallest absolute Gasteiger partial charge is 0.0464 e. The van der Waals surface area contributed by atoms with Gasteiger partial charge in [-0.2, -0.15) is 0 Å². The Morgan fingerprint density at radius 3 is 2.33 bits per heavy atom. The predicted octanol–water partition coefficient (Wildman–Crippen LogP) is 2.48. The van der Waals surface area contributed by atoms with Crippen molar-refractivity contribution in [1.29, 1.82) is 0 Å². The molecule has 1 aromatic rings. The van der Waals surface area contributed by atoms with Gasteiger partial charge in [0.15, 0.2) is 0 Å². The normalized spacial score (nSPS) is 11.6. The summed E-state index contributed by atoms with van der Waals surface area (Å²) >= 11 is 0. The van der Waals surface area contributed by atoms with E-state index in [1.165, 1.54) is 16.8 Å². The van der Waals surface area contributed by atoms with Crippen LogP contribution < -0.4 is 10.6 Å². The molecule has 84 valence electrons. The third-order valence-corrected chi connectivity index (χ3v) is 3.12. The maximum absolute atomic E-state index is 5.78. The van der Waals surface area contributed by atoms with E-state index < -0.39 is 0 Å². The van der Waals surface area contributed by atoms with Gasteiger partial charge in [0, 0.05) is 24.8 Å². The van der Waals surface area contributed by atoms with Gasteiger partial charge >= 0.3 is 0 Å². The molecule has 0 heterocycles. The van der Waals surface area contributed by atoms with E-state index in [1.54, 1.807) is 0 Å². The first-order valence-corrected chi connectivity index (χ1v) is 5.39. The largest absolute Gasteiger partial charge is 0.368 e. The first kappa shape index (κ1) is 12.1. The zero-order valence-electron chi connectivity index (χ0n) is 10.5. The average Bonchev–Trinajstić information content (AvgIpc) is 2.17. The minimum atomic E-state index is 0.0000180. The van der Waals surface area contributed by atoms with Gasteiger partial charge in [-0.25, -0.2) is 0 Å². The second-order valence-electron chi connectivity index (χ2n) is 4.87. The van der Waals surface area contributed by atoms with Crippen molar-refractivity contribution in [2.24, 2.45) is 5.73 Å². The molecular weight excluding hydrogens is 184 g/mol. The van der Waals surface area contributed by atoms with E-state index in [9.17, 15) is 0 Å². The maximum atomic E-state index is 5.78. The Morgan fingerprint density at radius 1 is 1.27 bits per heavy atom. The van der Waals surface area contributed by atoms with Gasteiger partial charge in [0.1, 0.15) is 0 Å². The van der Waals surface area contributed by atoms with Crippen molar-refractivity contribution < 1.29 is 0 Å². The van der Waals surface area contributed by atoms with E-state index in [4.69, 9.17) is 5.73 Å². The average molecular weight is 206 g/mol.